The van der Waals surface area contributed by atoms with Crippen LogP contribution in [0.15, 0.2) is 35.2 Å². The van der Waals surface area contributed by atoms with Crippen LogP contribution in [0.5, 0.6) is 11.5 Å². The van der Waals surface area contributed by atoms with Gasteiger partial charge in [-0.15, -0.1) is 0 Å². The molecule has 25 heavy (non-hydrogen) atoms. The molecule has 0 saturated heterocycles. The van der Waals surface area contributed by atoms with Crippen LogP contribution in [0.3, 0.4) is 0 Å². The molecule has 0 amide bonds. The van der Waals surface area contributed by atoms with E-state index in [2.05, 4.69) is 9.46 Å². The Labute approximate surface area is 146 Å². The third-order valence-electron chi connectivity index (χ3n) is 3.76. The predicted molar refractivity (Wildman–Crippen MR) is 92.7 cm³/mol. The van der Waals surface area contributed by atoms with Crippen molar-refractivity contribution < 1.29 is 27.8 Å². The molecule has 0 fully saturated rings. The first-order valence-electron chi connectivity index (χ1n) is 7.29. The Morgan fingerprint density at radius 2 is 1.76 bits per heavy atom. The first-order chi connectivity index (χ1) is 11.7. The van der Waals surface area contributed by atoms with Gasteiger partial charge < -0.3 is 14.6 Å². The molecule has 0 radical (unpaired) electrons. The van der Waals surface area contributed by atoms with Crippen LogP contribution in [0.2, 0.25) is 0 Å². The minimum absolute atomic E-state index is 0.0685. The standard InChI is InChI=1S/C17H19NO6S/c1-10-8-14(23-3)15(9-11(10)2)25(21,22)18-13-7-5-6-12(16(13)19)17(20)24-4/h5-9,18-19H,1-4H3. The number of rotatable bonds is 5. The fourth-order valence-electron chi connectivity index (χ4n) is 2.23. The van der Waals surface area contributed by atoms with E-state index in [1.807, 2.05) is 6.92 Å². The number of phenolic OH excluding ortho intramolecular Hbond substituents is 1. The van der Waals surface area contributed by atoms with Gasteiger partial charge in [-0.25, -0.2) is 13.2 Å². The van der Waals surface area contributed by atoms with Gasteiger partial charge in [-0.3, -0.25) is 4.72 Å². The molecule has 0 atom stereocenters. The maximum Gasteiger partial charge on any atom is 0.341 e. The highest BCUT2D eigenvalue weighted by atomic mass is 32.2. The Balaban J connectivity index is 2.51. The van der Waals surface area contributed by atoms with Crippen LogP contribution in [0, 0.1) is 13.8 Å². The highest BCUT2D eigenvalue weighted by Crippen LogP contribution is 2.33. The number of esters is 1. The molecule has 2 aromatic rings. The molecule has 2 rings (SSSR count). The summed E-state index contributed by atoms with van der Waals surface area (Å²) < 4.78 is 37.5. The summed E-state index contributed by atoms with van der Waals surface area (Å²) >= 11 is 0. The van der Waals surface area contributed by atoms with Crippen LogP contribution in [0.25, 0.3) is 0 Å². The summed E-state index contributed by atoms with van der Waals surface area (Å²) in [6.07, 6.45) is 0. The van der Waals surface area contributed by atoms with Crippen LogP contribution in [-0.4, -0.2) is 33.7 Å². The highest BCUT2D eigenvalue weighted by Gasteiger charge is 2.23. The second kappa shape index (κ2) is 7.02. The largest absolute Gasteiger partial charge is 0.505 e. The number of benzene rings is 2. The number of nitrogens with one attached hydrogen (secondary N) is 1. The van der Waals surface area contributed by atoms with E-state index in [0.29, 0.717) is 0 Å². The van der Waals surface area contributed by atoms with Gasteiger partial charge >= 0.3 is 5.97 Å². The minimum atomic E-state index is -4.05. The Hall–Kier alpha value is -2.74. The molecule has 0 aliphatic rings. The molecule has 0 saturated carbocycles. The molecule has 0 aliphatic heterocycles. The molecule has 0 aliphatic carbocycles. The van der Waals surface area contributed by atoms with E-state index in [1.54, 1.807) is 13.0 Å². The van der Waals surface area contributed by atoms with Gasteiger partial charge in [0.25, 0.3) is 10.0 Å². The van der Waals surface area contributed by atoms with Crippen molar-refractivity contribution in [3.63, 3.8) is 0 Å². The number of sulfonamides is 1. The number of aryl methyl sites for hydroxylation is 2. The summed E-state index contributed by atoms with van der Waals surface area (Å²) in [5.74, 6) is -1.11. The topological polar surface area (TPSA) is 102 Å². The summed E-state index contributed by atoms with van der Waals surface area (Å²) in [6.45, 7) is 3.62. The Bertz CT molecular complexity index is 921. The van der Waals surface area contributed by atoms with Crippen molar-refractivity contribution in [1.82, 2.24) is 0 Å². The van der Waals surface area contributed by atoms with E-state index in [1.165, 1.54) is 38.5 Å². The van der Waals surface area contributed by atoms with E-state index in [4.69, 9.17) is 4.74 Å². The molecule has 134 valence electrons. The van der Waals surface area contributed by atoms with Gasteiger partial charge in [0.1, 0.15) is 16.2 Å². The van der Waals surface area contributed by atoms with Crippen LogP contribution >= 0.6 is 0 Å². The smallest absolute Gasteiger partial charge is 0.341 e. The number of hydrogen-bond acceptors (Lipinski definition) is 6. The zero-order valence-corrected chi connectivity index (χ0v) is 15.1. The fraction of sp³-hybridized carbons (Fsp3) is 0.235. The lowest BCUT2D eigenvalue weighted by molar-refractivity contribution is 0.0597. The third-order valence-corrected chi connectivity index (χ3v) is 5.14. The van der Waals surface area contributed by atoms with Crippen LogP contribution < -0.4 is 9.46 Å². The number of aromatic hydroxyl groups is 1. The lowest BCUT2D eigenvalue weighted by Crippen LogP contribution is -2.15. The zero-order chi connectivity index (χ0) is 18.8. The van der Waals surface area contributed by atoms with Gasteiger partial charge in [0.2, 0.25) is 0 Å². The average Bonchev–Trinajstić information content (AvgIpc) is 2.57. The van der Waals surface area contributed by atoms with Crippen LogP contribution in [0.1, 0.15) is 21.5 Å². The van der Waals surface area contributed by atoms with Gasteiger partial charge in [-0.1, -0.05) is 6.07 Å². The van der Waals surface area contributed by atoms with Gasteiger partial charge in [0, 0.05) is 0 Å². The monoisotopic (exact) mass is 365 g/mol. The second-order valence-electron chi connectivity index (χ2n) is 5.39. The van der Waals surface area contributed by atoms with E-state index >= 15 is 0 Å². The molecule has 0 aromatic heterocycles. The van der Waals surface area contributed by atoms with Gasteiger partial charge in [-0.05, 0) is 49.2 Å². The molecule has 2 N–H and O–H groups in total. The average molecular weight is 365 g/mol. The van der Waals surface area contributed by atoms with Gasteiger partial charge in [-0.2, -0.15) is 0 Å². The SMILES string of the molecule is COC(=O)c1cccc(NS(=O)(=O)c2cc(C)c(C)cc2OC)c1O. The number of hydrogen-bond donors (Lipinski definition) is 2. The molecule has 0 spiro atoms. The van der Waals surface area contributed by atoms with Crippen molar-refractivity contribution >= 4 is 21.7 Å². The number of para-hydroxylation sites is 1. The van der Waals surface area contributed by atoms with Crippen LogP contribution in [0.4, 0.5) is 5.69 Å². The fourth-order valence-corrected chi connectivity index (χ4v) is 3.54. The Morgan fingerprint density at radius 1 is 1.12 bits per heavy atom. The highest BCUT2D eigenvalue weighted by molar-refractivity contribution is 7.92. The molecular weight excluding hydrogens is 346 g/mol. The number of carbonyl (C=O) groups is 1. The third kappa shape index (κ3) is 3.69. The first-order valence-corrected chi connectivity index (χ1v) is 8.78. The van der Waals surface area contributed by atoms with Crippen molar-refractivity contribution in [3.8, 4) is 11.5 Å². The van der Waals surface area contributed by atoms with E-state index < -0.39 is 21.7 Å². The van der Waals surface area contributed by atoms with Crippen molar-refractivity contribution in [2.75, 3.05) is 18.9 Å². The van der Waals surface area contributed by atoms with Gasteiger partial charge in [0.05, 0.1) is 19.9 Å². The van der Waals surface area contributed by atoms with Crippen molar-refractivity contribution in [2.24, 2.45) is 0 Å². The maximum absolute atomic E-state index is 12.7. The molecule has 2 aromatic carbocycles. The quantitative estimate of drug-likeness (QED) is 0.624. The number of phenols is 1. The lowest BCUT2D eigenvalue weighted by Gasteiger charge is -2.15. The molecule has 7 nitrogen and oxygen atoms in total. The second-order valence-corrected chi connectivity index (χ2v) is 7.04. The summed E-state index contributed by atoms with van der Waals surface area (Å²) in [5, 5.41) is 10.2. The normalized spacial score (nSPS) is 11.0. The number of ether oxygens (including phenoxy) is 2. The first kappa shape index (κ1) is 18.6. The molecule has 8 heteroatoms. The Morgan fingerprint density at radius 3 is 2.36 bits per heavy atom. The van der Waals surface area contributed by atoms with Crippen LogP contribution in [-0.2, 0) is 14.8 Å². The number of carbonyl (C=O) groups excluding carboxylic acids is 1. The molecule has 0 heterocycles. The summed E-state index contributed by atoms with van der Waals surface area (Å²) in [7, 11) is -1.52. The molecular formula is C17H19NO6S. The van der Waals surface area contributed by atoms with Gasteiger partial charge in [0.15, 0.2) is 5.75 Å². The van der Waals surface area contributed by atoms with E-state index in [0.717, 1.165) is 11.1 Å². The summed E-state index contributed by atoms with van der Waals surface area (Å²) in [5.41, 5.74) is 1.37. The van der Waals surface area contributed by atoms with Crippen molar-refractivity contribution in [1.29, 1.82) is 0 Å². The van der Waals surface area contributed by atoms with Crippen molar-refractivity contribution in [2.45, 2.75) is 18.7 Å². The zero-order valence-electron chi connectivity index (χ0n) is 14.3. The summed E-state index contributed by atoms with van der Waals surface area (Å²) in [4.78, 5) is 11.6. The maximum atomic E-state index is 12.7. The number of methoxy groups -OCH3 is 2. The van der Waals surface area contributed by atoms with Crippen molar-refractivity contribution in [3.05, 3.63) is 47.0 Å². The summed E-state index contributed by atoms with van der Waals surface area (Å²) in [6, 6.07) is 7.20. The predicted octanol–water partition coefficient (Wildman–Crippen LogP) is 2.61. The van der Waals surface area contributed by atoms with E-state index in [9.17, 15) is 18.3 Å². The van der Waals surface area contributed by atoms with E-state index in [-0.39, 0.29) is 21.9 Å². The molecule has 0 bridgehead atoms. The Kier molecular flexibility index (Phi) is 5.22. The molecule has 0 unspecified atom stereocenters. The number of anilines is 1. The lowest BCUT2D eigenvalue weighted by atomic mass is 10.1. The minimum Gasteiger partial charge on any atom is -0.505 e.